The van der Waals surface area contributed by atoms with E-state index in [2.05, 4.69) is 21.9 Å². The highest BCUT2D eigenvalue weighted by Gasteiger charge is 2.41. The normalized spacial score (nSPS) is 26.9. The summed E-state index contributed by atoms with van der Waals surface area (Å²) in [4.78, 5) is 23.2. The van der Waals surface area contributed by atoms with Gasteiger partial charge in [-0.1, -0.05) is 12.1 Å². The van der Waals surface area contributed by atoms with E-state index in [1.54, 1.807) is 0 Å². The molecule has 0 radical (unpaired) electrons. The van der Waals surface area contributed by atoms with Crippen LogP contribution in [-0.4, -0.2) is 28.7 Å². The van der Waals surface area contributed by atoms with Gasteiger partial charge in [-0.3, -0.25) is 9.59 Å². The molecular formula is C13H18N2O4. The van der Waals surface area contributed by atoms with Crippen LogP contribution in [0.25, 0.3) is 0 Å². The smallest absolute Gasteiger partial charge is 0.311 e. The molecule has 6 heteroatoms. The number of carboxylic acid groups (broad SMARTS) is 1. The molecule has 1 fully saturated rings. The van der Waals surface area contributed by atoms with Gasteiger partial charge in [0.2, 0.25) is 0 Å². The summed E-state index contributed by atoms with van der Waals surface area (Å²) in [5.74, 6) is -0.674. The first kappa shape index (κ1) is 13.6. The number of hydrogen-bond acceptors (Lipinski definition) is 4. The zero-order chi connectivity index (χ0) is 13.9. The number of aliphatic carboxylic acids is 1. The molecule has 1 aliphatic rings. The second kappa shape index (κ2) is 5.42. The van der Waals surface area contributed by atoms with Crippen molar-refractivity contribution in [3.05, 3.63) is 18.0 Å². The zero-order valence-electron chi connectivity index (χ0n) is 10.9. The van der Waals surface area contributed by atoms with Crippen molar-refractivity contribution in [3.8, 4) is 0 Å². The largest absolute Gasteiger partial charge is 0.481 e. The molecular weight excluding hydrogens is 248 g/mol. The molecule has 1 aliphatic carbocycles. The fourth-order valence-corrected chi connectivity index (χ4v) is 2.45. The van der Waals surface area contributed by atoms with Crippen molar-refractivity contribution in [1.29, 1.82) is 0 Å². The summed E-state index contributed by atoms with van der Waals surface area (Å²) < 4.78 is 4.59. The van der Waals surface area contributed by atoms with E-state index in [-0.39, 0.29) is 12.2 Å². The number of nitrogens with one attached hydrogen (secondary N) is 1. The summed E-state index contributed by atoms with van der Waals surface area (Å²) in [6.07, 6.45) is 4.27. The molecule has 0 saturated heterocycles. The monoisotopic (exact) mass is 266 g/mol. The average Bonchev–Trinajstić information content (AvgIpc) is 2.92. The lowest BCUT2D eigenvalue weighted by Gasteiger charge is -2.35. The first-order valence-electron chi connectivity index (χ1n) is 6.45. The number of carboxylic acids is 1. The quantitative estimate of drug-likeness (QED) is 0.865. The third-order valence-corrected chi connectivity index (χ3v) is 3.94. The first-order chi connectivity index (χ1) is 9.03. The van der Waals surface area contributed by atoms with Crippen molar-refractivity contribution in [2.24, 2.45) is 11.3 Å². The second-order valence-corrected chi connectivity index (χ2v) is 5.34. The molecule has 0 bridgehead atoms. The third-order valence-electron chi connectivity index (χ3n) is 3.94. The van der Waals surface area contributed by atoms with Crippen LogP contribution >= 0.6 is 0 Å². The van der Waals surface area contributed by atoms with Crippen molar-refractivity contribution in [3.63, 3.8) is 0 Å². The van der Waals surface area contributed by atoms with E-state index in [0.29, 0.717) is 18.8 Å². The van der Waals surface area contributed by atoms with Crippen LogP contribution in [0.2, 0.25) is 0 Å². The highest BCUT2D eigenvalue weighted by Crippen LogP contribution is 2.38. The second-order valence-electron chi connectivity index (χ2n) is 5.34. The van der Waals surface area contributed by atoms with E-state index in [9.17, 15) is 14.7 Å². The molecule has 104 valence electrons. The van der Waals surface area contributed by atoms with Gasteiger partial charge in [-0.05, 0) is 31.6 Å². The molecule has 0 unspecified atom stereocenters. The Morgan fingerprint density at radius 2 is 2.21 bits per heavy atom. The Labute approximate surface area is 111 Å². The molecule has 6 nitrogen and oxygen atoms in total. The number of aromatic nitrogens is 1. The van der Waals surface area contributed by atoms with Crippen LogP contribution in [0, 0.1) is 11.3 Å². The van der Waals surface area contributed by atoms with Crippen LogP contribution in [0.1, 0.15) is 43.1 Å². The lowest BCUT2D eigenvalue weighted by molar-refractivity contribution is -0.151. The zero-order valence-corrected chi connectivity index (χ0v) is 10.9. The summed E-state index contributed by atoms with van der Waals surface area (Å²) in [7, 11) is 0. The van der Waals surface area contributed by atoms with Gasteiger partial charge in [-0.25, -0.2) is 0 Å². The Balaban J connectivity index is 1.98. The van der Waals surface area contributed by atoms with Gasteiger partial charge in [0, 0.05) is 12.6 Å². The topological polar surface area (TPSA) is 92.4 Å². The number of hydrogen-bond donors (Lipinski definition) is 2. The Morgan fingerprint density at radius 3 is 2.74 bits per heavy atom. The van der Waals surface area contributed by atoms with Crippen molar-refractivity contribution in [2.75, 3.05) is 6.54 Å². The van der Waals surface area contributed by atoms with E-state index in [1.807, 2.05) is 0 Å². The molecule has 2 rings (SSSR count). The molecule has 1 heterocycles. The molecule has 0 spiro atoms. The Kier molecular flexibility index (Phi) is 3.87. The van der Waals surface area contributed by atoms with Crippen LogP contribution in [0.3, 0.4) is 0 Å². The highest BCUT2D eigenvalue weighted by molar-refractivity contribution is 5.92. The van der Waals surface area contributed by atoms with Gasteiger partial charge >= 0.3 is 5.97 Å². The predicted molar refractivity (Wildman–Crippen MR) is 66.5 cm³/mol. The molecule has 0 atom stereocenters. The molecule has 1 aromatic heterocycles. The highest BCUT2D eigenvalue weighted by atomic mass is 16.5. The van der Waals surface area contributed by atoms with Crippen LogP contribution < -0.4 is 5.32 Å². The third kappa shape index (κ3) is 2.94. The summed E-state index contributed by atoms with van der Waals surface area (Å²) in [6, 6.07) is 1.45. The van der Waals surface area contributed by atoms with Crippen molar-refractivity contribution in [1.82, 2.24) is 10.5 Å². The fraction of sp³-hybridized carbons (Fsp3) is 0.615. The Morgan fingerprint density at radius 1 is 1.53 bits per heavy atom. The predicted octanol–water partition coefficient (Wildman–Crippen LogP) is 1.69. The number of carbonyl (C=O) groups excluding carboxylic acids is 1. The van der Waals surface area contributed by atoms with E-state index in [1.165, 1.54) is 12.3 Å². The molecule has 1 amide bonds. The standard InChI is InChI=1S/C13H18N2O4/c1-9-2-5-13(6-3-9,12(17)18)8-14-11(16)10-4-7-19-15-10/h4,7,9H,2-3,5-6,8H2,1H3,(H,14,16)(H,17,18). The number of nitrogens with zero attached hydrogens (tertiary/aromatic N) is 1. The maximum absolute atomic E-state index is 11.8. The first-order valence-corrected chi connectivity index (χ1v) is 6.45. The average molecular weight is 266 g/mol. The van der Waals surface area contributed by atoms with E-state index in [0.717, 1.165) is 12.8 Å². The van der Waals surface area contributed by atoms with Crippen molar-refractivity contribution in [2.45, 2.75) is 32.6 Å². The van der Waals surface area contributed by atoms with Gasteiger partial charge in [-0.2, -0.15) is 0 Å². The summed E-state index contributed by atoms with van der Waals surface area (Å²) in [5, 5.41) is 15.6. The maximum atomic E-state index is 11.8. The fourth-order valence-electron chi connectivity index (χ4n) is 2.45. The molecule has 0 aromatic carbocycles. The van der Waals surface area contributed by atoms with E-state index in [4.69, 9.17) is 0 Å². The molecule has 0 aliphatic heterocycles. The number of carbonyl (C=O) groups is 2. The minimum atomic E-state index is -0.841. The van der Waals surface area contributed by atoms with Crippen LogP contribution in [-0.2, 0) is 4.79 Å². The van der Waals surface area contributed by atoms with Crippen molar-refractivity contribution < 1.29 is 19.2 Å². The lowest BCUT2D eigenvalue weighted by atomic mass is 9.71. The van der Waals surface area contributed by atoms with Crippen LogP contribution in [0.5, 0.6) is 0 Å². The van der Waals surface area contributed by atoms with Gasteiger partial charge in [0.1, 0.15) is 6.26 Å². The Hall–Kier alpha value is -1.85. The van der Waals surface area contributed by atoms with E-state index < -0.39 is 17.3 Å². The van der Waals surface area contributed by atoms with Crippen LogP contribution in [0.15, 0.2) is 16.9 Å². The van der Waals surface area contributed by atoms with Gasteiger partial charge in [0.05, 0.1) is 5.41 Å². The SMILES string of the molecule is CC1CCC(CNC(=O)c2ccon2)(C(=O)O)CC1. The van der Waals surface area contributed by atoms with Gasteiger partial charge in [0.15, 0.2) is 5.69 Å². The summed E-state index contributed by atoms with van der Waals surface area (Å²) in [5.41, 5.74) is -0.670. The van der Waals surface area contributed by atoms with Gasteiger partial charge in [0.25, 0.3) is 5.91 Å². The molecule has 1 saturated carbocycles. The number of rotatable bonds is 4. The summed E-state index contributed by atoms with van der Waals surface area (Å²) >= 11 is 0. The van der Waals surface area contributed by atoms with Gasteiger partial charge in [-0.15, -0.1) is 0 Å². The Bertz CT molecular complexity index is 447. The molecule has 2 N–H and O–H groups in total. The van der Waals surface area contributed by atoms with Crippen LogP contribution in [0.4, 0.5) is 0 Å². The number of amides is 1. The van der Waals surface area contributed by atoms with Crippen molar-refractivity contribution >= 4 is 11.9 Å². The molecule has 1 aromatic rings. The molecule has 19 heavy (non-hydrogen) atoms. The lowest BCUT2D eigenvalue weighted by Crippen LogP contribution is -2.45. The minimum Gasteiger partial charge on any atom is -0.481 e. The van der Waals surface area contributed by atoms with E-state index >= 15 is 0 Å². The summed E-state index contributed by atoms with van der Waals surface area (Å²) in [6.45, 7) is 2.26. The van der Waals surface area contributed by atoms with Gasteiger partial charge < -0.3 is 14.9 Å². The maximum Gasteiger partial charge on any atom is 0.311 e. The minimum absolute atomic E-state index is 0.140.